The Morgan fingerprint density at radius 2 is 1.48 bits per heavy atom. The number of Topliss-reactive ketones (excluding diaryl/α,β-unsaturated/α-hetero) is 1. The van der Waals surface area contributed by atoms with E-state index in [0.29, 0.717) is 5.56 Å². The molecule has 1 aromatic rings. The van der Waals surface area contributed by atoms with Gasteiger partial charge in [0.25, 0.3) is 0 Å². The van der Waals surface area contributed by atoms with Crippen LogP contribution in [0.25, 0.3) is 0 Å². The largest absolute Gasteiger partial charge is 0.465 e. The SMILES string of the molecule is CCOC(=O)C(CC(=O)c1ccc(I)cc1)C(=O)OCC. The number of carbonyl (C=O) groups excluding carboxylic acids is 3. The molecule has 0 aromatic heterocycles. The van der Waals surface area contributed by atoms with Crippen molar-refractivity contribution in [3.05, 3.63) is 33.4 Å². The fraction of sp³-hybridized carbons (Fsp3) is 0.400. The average Bonchev–Trinajstić information content (AvgIpc) is 2.45. The summed E-state index contributed by atoms with van der Waals surface area (Å²) in [5.74, 6) is -2.96. The van der Waals surface area contributed by atoms with Crippen molar-refractivity contribution in [3.63, 3.8) is 0 Å². The maximum Gasteiger partial charge on any atom is 0.320 e. The molecule has 5 nitrogen and oxygen atoms in total. The molecule has 0 bridgehead atoms. The van der Waals surface area contributed by atoms with Gasteiger partial charge >= 0.3 is 11.9 Å². The maximum absolute atomic E-state index is 12.2. The highest BCUT2D eigenvalue weighted by molar-refractivity contribution is 14.1. The zero-order valence-electron chi connectivity index (χ0n) is 11.9. The topological polar surface area (TPSA) is 69.7 Å². The molecule has 6 heteroatoms. The van der Waals surface area contributed by atoms with Crippen LogP contribution in [0, 0.1) is 9.49 Å². The number of halogens is 1. The van der Waals surface area contributed by atoms with Gasteiger partial charge in [-0.25, -0.2) is 0 Å². The van der Waals surface area contributed by atoms with E-state index in [-0.39, 0.29) is 25.4 Å². The van der Waals surface area contributed by atoms with Crippen molar-refractivity contribution in [3.8, 4) is 0 Å². The van der Waals surface area contributed by atoms with Crippen LogP contribution in [0.15, 0.2) is 24.3 Å². The monoisotopic (exact) mass is 404 g/mol. The number of ether oxygens (including phenoxy) is 2. The van der Waals surface area contributed by atoms with Crippen molar-refractivity contribution in [2.45, 2.75) is 20.3 Å². The Morgan fingerprint density at radius 3 is 1.90 bits per heavy atom. The molecule has 0 N–H and O–H groups in total. The van der Waals surface area contributed by atoms with Gasteiger partial charge in [-0.05, 0) is 48.6 Å². The van der Waals surface area contributed by atoms with E-state index in [2.05, 4.69) is 22.6 Å². The zero-order valence-corrected chi connectivity index (χ0v) is 14.1. The third-order valence-corrected chi connectivity index (χ3v) is 3.42. The minimum absolute atomic E-state index is 0.145. The summed E-state index contributed by atoms with van der Waals surface area (Å²) in [6.45, 7) is 3.57. The van der Waals surface area contributed by atoms with Gasteiger partial charge < -0.3 is 9.47 Å². The molecule has 0 aliphatic rings. The average molecular weight is 404 g/mol. The van der Waals surface area contributed by atoms with Gasteiger partial charge in [0.1, 0.15) is 0 Å². The van der Waals surface area contributed by atoms with Crippen molar-refractivity contribution >= 4 is 40.3 Å². The first-order valence-electron chi connectivity index (χ1n) is 6.61. The lowest BCUT2D eigenvalue weighted by molar-refractivity contribution is -0.161. The predicted molar refractivity (Wildman–Crippen MR) is 84.9 cm³/mol. The summed E-state index contributed by atoms with van der Waals surface area (Å²) >= 11 is 2.13. The lowest BCUT2D eigenvalue weighted by Crippen LogP contribution is -2.30. The summed E-state index contributed by atoms with van der Waals surface area (Å²) in [4.78, 5) is 35.8. The van der Waals surface area contributed by atoms with Gasteiger partial charge in [-0.3, -0.25) is 14.4 Å². The minimum atomic E-state index is -1.21. The van der Waals surface area contributed by atoms with Crippen LogP contribution < -0.4 is 0 Å². The summed E-state index contributed by atoms with van der Waals surface area (Å²) in [7, 11) is 0. The normalized spacial score (nSPS) is 10.3. The lowest BCUT2D eigenvalue weighted by Gasteiger charge is -2.13. The van der Waals surface area contributed by atoms with Gasteiger partial charge in [0.15, 0.2) is 11.7 Å². The first kappa shape index (κ1) is 17.6. The highest BCUT2D eigenvalue weighted by Crippen LogP contribution is 2.15. The molecule has 0 heterocycles. The first-order chi connectivity index (χ1) is 9.99. The molecule has 0 aliphatic carbocycles. The van der Waals surface area contributed by atoms with Crippen LogP contribution in [0.3, 0.4) is 0 Å². The Bertz CT molecular complexity index is 491. The molecule has 21 heavy (non-hydrogen) atoms. The molecule has 0 spiro atoms. The molecule has 0 saturated carbocycles. The van der Waals surface area contributed by atoms with Crippen LogP contribution in [0.2, 0.25) is 0 Å². The van der Waals surface area contributed by atoms with Gasteiger partial charge in [0, 0.05) is 15.6 Å². The molecule has 0 fully saturated rings. The van der Waals surface area contributed by atoms with Crippen molar-refractivity contribution < 1.29 is 23.9 Å². The summed E-state index contributed by atoms with van der Waals surface area (Å²) in [5, 5.41) is 0. The number of carbonyl (C=O) groups is 3. The highest BCUT2D eigenvalue weighted by atomic mass is 127. The third-order valence-electron chi connectivity index (χ3n) is 2.70. The van der Waals surface area contributed by atoms with Gasteiger partial charge in [-0.15, -0.1) is 0 Å². The fourth-order valence-electron chi connectivity index (χ4n) is 1.69. The number of hydrogen-bond acceptors (Lipinski definition) is 5. The van der Waals surface area contributed by atoms with Gasteiger partial charge in [0.05, 0.1) is 13.2 Å². The first-order valence-corrected chi connectivity index (χ1v) is 7.69. The van der Waals surface area contributed by atoms with Crippen LogP contribution in [0.4, 0.5) is 0 Å². The molecule has 1 aromatic carbocycles. The smallest absolute Gasteiger partial charge is 0.320 e. The van der Waals surface area contributed by atoms with Gasteiger partial charge in [0.2, 0.25) is 0 Å². The summed E-state index contributed by atoms with van der Waals surface area (Å²) in [6.07, 6.45) is -0.252. The van der Waals surface area contributed by atoms with E-state index >= 15 is 0 Å². The quantitative estimate of drug-likeness (QED) is 0.303. The Kier molecular flexibility index (Phi) is 7.35. The molecular formula is C15H17IO5. The van der Waals surface area contributed by atoms with Crippen LogP contribution in [0.5, 0.6) is 0 Å². The molecule has 114 valence electrons. The Hall–Kier alpha value is -1.44. The van der Waals surface area contributed by atoms with E-state index in [1.54, 1.807) is 38.1 Å². The van der Waals surface area contributed by atoms with Gasteiger partial charge in [-0.1, -0.05) is 12.1 Å². The summed E-state index contributed by atoms with van der Waals surface area (Å²) in [6, 6.07) is 6.91. The molecule has 1 rings (SSSR count). The second kappa shape index (κ2) is 8.76. The molecule has 0 radical (unpaired) electrons. The fourth-order valence-corrected chi connectivity index (χ4v) is 2.05. The Morgan fingerprint density at radius 1 is 1.00 bits per heavy atom. The van der Waals surface area contributed by atoms with Gasteiger partial charge in [-0.2, -0.15) is 0 Å². The van der Waals surface area contributed by atoms with Crippen molar-refractivity contribution in [1.82, 2.24) is 0 Å². The minimum Gasteiger partial charge on any atom is -0.465 e. The van der Waals surface area contributed by atoms with Crippen LogP contribution in [-0.4, -0.2) is 30.9 Å². The van der Waals surface area contributed by atoms with Crippen LogP contribution in [0.1, 0.15) is 30.6 Å². The summed E-state index contributed by atoms with van der Waals surface area (Å²) < 4.78 is 10.7. The zero-order chi connectivity index (χ0) is 15.8. The van der Waals surface area contributed by atoms with E-state index in [4.69, 9.17) is 9.47 Å². The van der Waals surface area contributed by atoms with E-state index in [0.717, 1.165) is 3.57 Å². The molecule has 0 amide bonds. The van der Waals surface area contributed by atoms with Crippen molar-refractivity contribution in [1.29, 1.82) is 0 Å². The summed E-state index contributed by atoms with van der Waals surface area (Å²) in [5.41, 5.74) is 0.453. The second-order valence-corrected chi connectivity index (χ2v) is 5.44. The molecule has 0 saturated heterocycles. The molecular weight excluding hydrogens is 387 g/mol. The van der Waals surface area contributed by atoms with E-state index in [1.807, 2.05) is 0 Å². The molecule has 0 aliphatic heterocycles. The Labute approximate surface area is 137 Å². The highest BCUT2D eigenvalue weighted by Gasteiger charge is 2.32. The van der Waals surface area contributed by atoms with Crippen LogP contribution in [-0.2, 0) is 19.1 Å². The number of rotatable bonds is 7. The third kappa shape index (κ3) is 5.45. The van der Waals surface area contributed by atoms with E-state index in [1.165, 1.54) is 0 Å². The van der Waals surface area contributed by atoms with Crippen LogP contribution >= 0.6 is 22.6 Å². The number of hydrogen-bond donors (Lipinski definition) is 0. The predicted octanol–water partition coefficient (Wildman–Crippen LogP) is 2.61. The number of benzene rings is 1. The standard InChI is InChI=1S/C15H17IO5/c1-3-20-14(18)12(15(19)21-4-2)9-13(17)10-5-7-11(16)8-6-10/h5-8,12H,3-4,9H2,1-2H3. The lowest BCUT2D eigenvalue weighted by atomic mass is 9.98. The number of esters is 2. The maximum atomic E-state index is 12.2. The Balaban J connectivity index is 2.84. The van der Waals surface area contributed by atoms with E-state index in [9.17, 15) is 14.4 Å². The van der Waals surface area contributed by atoms with E-state index < -0.39 is 17.9 Å². The number of ketones is 1. The second-order valence-electron chi connectivity index (χ2n) is 4.19. The molecule has 0 unspecified atom stereocenters. The van der Waals surface area contributed by atoms with Crippen molar-refractivity contribution in [2.24, 2.45) is 5.92 Å². The van der Waals surface area contributed by atoms with Crippen molar-refractivity contribution in [2.75, 3.05) is 13.2 Å². The molecule has 0 atom stereocenters.